The van der Waals surface area contributed by atoms with Gasteiger partial charge in [-0.25, -0.2) is 5.48 Å². The predicted octanol–water partition coefficient (Wildman–Crippen LogP) is 4.77. The van der Waals surface area contributed by atoms with E-state index in [0.29, 0.717) is 13.2 Å². The Morgan fingerprint density at radius 3 is 2.08 bits per heavy atom. The summed E-state index contributed by atoms with van der Waals surface area (Å²) >= 11 is 0. The van der Waals surface area contributed by atoms with Gasteiger partial charge >= 0.3 is 0 Å². The molecule has 3 nitrogen and oxygen atoms in total. The van der Waals surface area contributed by atoms with Gasteiger partial charge in [-0.05, 0) is 16.7 Å². The third-order valence-electron chi connectivity index (χ3n) is 3.88. The molecule has 122 valence electrons. The molecule has 0 atom stereocenters. The minimum Gasteiger partial charge on any atom is -0.507 e. The van der Waals surface area contributed by atoms with Crippen LogP contribution in [-0.4, -0.2) is 11.7 Å². The Balaban J connectivity index is 2.11. The highest BCUT2D eigenvalue weighted by molar-refractivity contribution is 5.88. The normalized spacial score (nSPS) is 10.7. The number of aromatic hydroxyl groups is 1. The van der Waals surface area contributed by atoms with Gasteiger partial charge in [0.15, 0.2) is 0 Å². The molecule has 0 aliphatic rings. The van der Waals surface area contributed by atoms with Gasteiger partial charge in [0.25, 0.3) is 0 Å². The molecule has 0 saturated carbocycles. The van der Waals surface area contributed by atoms with E-state index in [9.17, 15) is 5.11 Å². The van der Waals surface area contributed by atoms with Crippen LogP contribution in [0.4, 0.5) is 0 Å². The number of hydrogen-bond donors (Lipinski definition) is 2. The summed E-state index contributed by atoms with van der Waals surface area (Å²) in [5.41, 5.74) is 7.48. The lowest BCUT2D eigenvalue weighted by molar-refractivity contribution is 0.0304. The topological polar surface area (TPSA) is 41.5 Å². The number of hydrogen-bond acceptors (Lipinski definition) is 3. The van der Waals surface area contributed by atoms with E-state index in [4.69, 9.17) is 4.84 Å². The van der Waals surface area contributed by atoms with Crippen molar-refractivity contribution in [3.63, 3.8) is 0 Å². The monoisotopic (exact) mass is 319 g/mol. The van der Waals surface area contributed by atoms with Crippen molar-refractivity contribution in [3.8, 4) is 28.0 Å². The first-order valence-corrected chi connectivity index (χ1v) is 8.11. The van der Waals surface area contributed by atoms with Crippen LogP contribution in [-0.2, 0) is 11.4 Å². The van der Waals surface area contributed by atoms with E-state index < -0.39 is 0 Å². The molecule has 0 aliphatic carbocycles. The summed E-state index contributed by atoms with van der Waals surface area (Å²) in [5.74, 6) is 0.264. The van der Waals surface area contributed by atoms with Crippen molar-refractivity contribution in [1.29, 1.82) is 0 Å². The Morgan fingerprint density at radius 1 is 0.833 bits per heavy atom. The van der Waals surface area contributed by atoms with E-state index in [1.807, 2.05) is 67.6 Å². The molecule has 0 amide bonds. The Hall–Kier alpha value is -2.62. The zero-order valence-corrected chi connectivity index (χ0v) is 13.7. The van der Waals surface area contributed by atoms with Crippen LogP contribution in [0.3, 0.4) is 0 Å². The molecule has 24 heavy (non-hydrogen) atoms. The zero-order chi connectivity index (χ0) is 16.8. The lowest BCUT2D eigenvalue weighted by Crippen LogP contribution is -2.13. The summed E-state index contributed by atoms with van der Waals surface area (Å²) in [7, 11) is 0. The molecule has 3 heteroatoms. The average Bonchev–Trinajstić information content (AvgIpc) is 2.64. The van der Waals surface area contributed by atoms with E-state index in [1.54, 1.807) is 0 Å². The maximum absolute atomic E-state index is 10.9. The second kappa shape index (κ2) is 7.77. The van der Waals surface area contributed by atoms with Gasteiger partial charge in [0, 0.05) is 17.7 Å². The van der Waals surface area contributed by atoms with Gasteiger partial charge < -0.3 is 5.11 Å². The molecule has 2 N–H and O–H groups in total. The van der Waals surface area contributed by atoms with Crippen LogP contribution in [0.1, 0.15) is 12.5 Å². The fourth-order valence-electron chi connectivity index (χ4n) is 2.74. The maximum Gasteiger partial charge on any atom is 0.129 e. The van der Waals surface area contributed by atoms with Crippen LogP contribution >= 0.6 is 0 Å². The Morgan fingerprint density at radius 2 is 1.46 bits per heavy atom. The van der Waals surface area contributed by atoms with Crippen molar-refractivity contribution in [2.24, 2.45) is 0 Å². The van der Waals surface area contributed by atoms with Gasteiger partial charge in [-0.15, -0.1) is 0 Å². The Labute approximate surface area is 142 Å². The molecule has 0 unspecified atom stereocenters. The van der Waals surface area contributed by atoms with E-state index in [1.165, 1.54) is 0 Å². The first-order chi connectivity index (χ1) is 11.8. The van der Waals surface area contributed by atoms with Crippen molar-refractivity contribution >= 4 is 0 Å². The molecule has 0 aliphatic heterocycles. The van der Waals surface area contributed by atoms with Crippen LogP contribution in [0.5, 0.6) is 5.75 Å². The molecule has 3 aromatic rings. The molecule has 0 radical (unpaired) electrons. The number of benzene rings is 3. The SMILES string of the molecule is CCNOCc1ccc(-c2ccccc2)c(-c2ccccc2)c1O. The van der Waals surface area contributed by atoms with Crippen LogP contribution in [0.15, 0.2) is 72.8 Å². The highest BCUT2D eigenvalue weighted by Gasteiger charge is 2.15. The quantitative estimate of drug-likeness (QED) is 0.508. The third kappa shape index (κ3) is 3.48. The van der Waals surface area contributed by atoms with Gasteiger partial charge in [-0.1, -0.05) is 79.7 Å². The van der Waals surface area contributed by atoms with E-state index in [2.05, 4.69) is 17.6 Å². The molecule has 0 heterocycles. The molecule has 0 bridgehead atoms. The highest BCUT2D eigenvalue weighted by Crippen LogP contribution is 2.40. The van der Waals surface area contributed by atoms with E-state index >= 15 is 0 Å². The molecule has 0 spiro atoms. The summed E-state index contributed by atoms with van der Waals surface area (Å²) in [6, 6.07) is 24.0. The number of rotatable bonds is 6. The first kappa shape index (κ1) is 16.2. The second-order valence-corrected chi connectivity index (χ2v) is 5.51. The van der Waals surface area contributed by atoms with Crippen molar-refractivity contribution in [2.75, 3.05) is 6.54 Å². The molecule has 0 saturated heterocycles. The van der Waals surface area contributed by atoms with Gasteiger partial charge in [0.05, 0.1) is 6.61 Å². The van der Waals surface area contributed by atoms with Crippen molar-refractivity contribution < 1.29 is 9.94 Å². The second-order valence-electron chi connectivity index (χ2n) is 5.51. The largest absolute Gasteiger partial charge is 0.507 e. The molecule has 3 rings (SSSR count). The fraction of sp³-hybridized carbons (Fsp3) is 0.143. The fourth-order valence-corrected chi connectivity index (χ4v) is 2.74. The summed E-state index contributed by atoms with van der Waals surface area (Å²) in [4.78, 5) is 5.38. The smallest absolute Gasteiger partial charge is 0.129 e. The number of hydroxylamine groups is 1. The zero-order valence-electron chi connectivity index (χ0n) is 13.7. The Kier molecular flexibility index (Phi) is 5.26. The molecule has 0 aromatic heterocycles. The average molecular weight is 319 g/mol. The van der Waals surface area contributed by atoms with E-state index in [0.717, 1.165) is 27.8 Å². The van der Waals surface area contributed by atoms with Gasteiger partial charge in [-0.3, -0.25) is 4.84 Å². The van der Waals surface area contributed by atoms with Crippen molar-refractivity contribution in [1.82, 2.24) is 5.48 Å². The summed E-state index contributed by atoms with van der Waals surface area (Å²) in [5, 5.41) is 10.9. The van der Waals surface area contributed by atoms with Crippen molar-refractivity contribution in [2.45, 2.75) is 13.5 Å². The first-order valence-electron chi connectivity index (χ1n) is 8.11. The highest BCUT2D eigenvalue weighted by atomic mass is 16.6. The Bertz CT molecular complexity index is 786. The van der Waals surface area contributed by atoms with Gasteiger partial charge in [0.1, 0.15) is 5.75 Å². The van der Waals surface area contributed by atoms with Gasteiger partial charge in [0.2, 0.25) is 0 Å². The third-order valence-corrected chi connectivity index (χ3v) is 3.88. The van der Waals surface area contributed by atoms with Crippen LogP contribution in [0, 0.1) is 0 Å². The van der Waals surface area contributed by atoms with Gasteiger partial charge in [-0.2, -0.15) is 0 Å². The standard InChI is InChI=1S/C21H21NO2/c1-2-22-24-15-18-13-14-19(16-9-5-3-6-10-16)20(21(18)23)17-11-7-4-8-12-17/h3-14,22-23H,2,15H2,1H3. The summed E-state index contributed by atoms with van der Waals surface area (Å²) in [6.07, 6.45) is 0. The summed E-state index contributed by atoms with van der Waals surface area (Å²) in [6.45, 7) is 3.00. The predicted molar refractivity (Wildman–Crippen MR) is 97.4 cm³/mol. The molecule has 3 aromatic carbocycles. The van der Waals surface area contributed by atoms with E-state index in [-0.39, 0.29) is 5.75 Å². The number of nitrogens with one attached hydrogen (secondary N) is 1. The molecule has 0 fully saturated rings. The summed E-state index contributed by atoms with van der Waals surface area (Å²) < 4.78 is 0. The maximum atomic E-state index is 10.9. The number of phenolic OH excluding ortho intramolecular Hbond substituents is 1. The molecular formula is C21H21NO2. The van der Waals surface area contributed by atoms with Crippen LogP contribution in [0.2, 0.25) is 0 Å². The minimum atomic E-state index is 0.264. The van der Waals surface area contributed by atoms with Crippen molar-refractivity contribution in [3.05, 3.63) is 78.4 Å². The lowest BCUT2D eigenvalue weighted by atomic mass is 9.92. The van der Waals surface area contributed by atoms with Crippen LogP contribution < -0.4 is 5.48 Å². The molecular weight excluding hydrogens is 298 g/mol. The number of phenols is 1. The minimum absolute atomic E-state index is 0.264. The lowest BCUT2D eigenvalue weighted by Gasteiger charge is -2.16. The van der Waals surface area contributed by atoms with Crippen LogP contribution in [0.25, 0.3) is 22.3 Å².